The van der Waals surface area contributed by atoms with Gasteiger partial charge in [-0.05, 0) is 24.1 Å². The average Bonchev–Trinajstić information content (AvgIpc) is 2.49. The van der Waals surface area contributed by atoms with Gasteiger partial charge in [-0.15, -0.1) is 0 Å². The molecule has 0 aliphatic rings. The molecular formula is C16H24N2O3. The van der Waals surface area contributed by atoms with Crippen LogP contribution >= 0.6 is 0 Å². The third-order valence-corrected chi connectivity index (χ3v) is 3.17. The van der Waals surface area contributed by atoms with Crippen molar-refractivity contribution in [3.63, 3.8) is 0 Å². The van der Waals surface area contributed by atoms with Crippen LogP contribution in [0, 0.1) is 17.2 Å². The van der Waals surface area contributed by atoms with Gasteiger partial charge < -0.3 is 19.9 Å². The Kier molecular flexibility index (Phi) is 7.76. The minimum Gasteiger partial charge on any atom is -0.491 e. The molecule has 0 fully saturated rings. The first kappa shape index (κ1) is 17.4. The van der Waals surface area contributed by atoms with Crippen molar-refractivity contribution >= 4 is 0 Å². The van der Waals surface area contributed by atoms with Crippen LogP contribution in [0.4, 0.5) is 0 Å². The molecule has 0 radical (unpaired) electrons. The van der Waals surface area contributed by atoms with Gasteiger partial charge in [0.2, 0.25) is 0 Å². The Balaban J connectivity index is 2.36. The van der Waals surface area contributed by atoms with Crippen molar-refractivity contribution in [3.8, 4) is 11.8 Å². The largest absolute Gasteiger partial charge is 0.491 e. The predicted octanol–water partition coefficient (Wildman–Crippen LogP) is 1.56. The number of aliphatic hydroxyl groups is 1. The summed E-state index contributed by atoms with van der Waals surface area (Å²) in [5.41, 5.74) is 0.542. The third kappa shape index (κ3) is 6.58. The van der Waals surface area contributed by atoms with Crippen LogP contribution in [0.1, 0.15) is 19.4 Å². The van der Waals surface area contributed by atoms with Crippen LogP contribution in [0.2, 0.25) is 0 Å². The number of hydrogen-bond acceptors (Lipinski definition) is 5. The van der Waals surface area contributed by atoms with Crippen molar-refractivity contribution in [1.82, 2.24) is 5.32 Å². The van der Waals surface area contributed by atoms with Crippen LogP contribution in [-0.4, -0.2) is 44.1 Å². The van der Waals surface area contributed by atoms with Gasteiger partial charge in [0.25, 0.3) is 0 Å². The Labute approximate surface area is 126 Å². The molecular weight excluding hydrogens is 268 g/mol. The highest BCUT2D eigenvalue weighted by molar-refractivity contribution is 5.36. The third-order valence-electron chi connectivity index (χ3n) is 3.17. The standard InChI is InChI=1S/C16H24N2O3/c1-12(2)16(11-20-3)18-9-14(19)10-21-15-6-4-5-13(7-15)8-17/h4-7,12,14,16,18-19H,9-11H2,1-3H3. The maximum atomic E-state index is 9.94. The molecule has 0 bridgehead atoms. The zero-order valence-electron chi connectivity index (χ0n) is 12.9. The summed E-state index contributed by atoms with van der Waals surface area (Å²) in [5.74, 6) is 1.01. The van der Waals surface area contributed by atoms with Gasteiger partial charge in [-0.2, -0.15) is 5.26 Å². The van der Waals surface area contributed by atoms with Crippen molar-refractivity contribution in [2.45, 2.75) is 26.0 Å². The molecule has 2 N–H and O–H groups in total. The molecule has 0 spiro atoms. The summed E-state index contributed by atoms with van der Waals surface area (Å²) in [7, 11) is 1.67. The second-order valence-corrected chi connectivity index (χ2v) is 5.32. The Morgan fingerprint density at radius 3 is 2.71 bits per heavy atom. The highest BCUT2D eigenvalue weighted by atomic mass is 16.5. The van der Waals surface area contributed by atoms with Crippen LogP contribution in [0.25, 0.3) is 0 Å². The van der Waals surface area contributed by atoms with Crippen molar-refractivity contribution in [2.24, 2.45) is 5.92 Å². The predicted molar refractivity (Wildman–Crippen MR) is 81.2 cm³/mol. The molecule has 2 atom stereocenters. The summed E-state index contributed by atoms with van der Waals surface area (Å²) in [6.45, 7) is 5.43. The van der Waals surface area contributed by atoms with Crippen LogP contribution in [0.5, 0.6) is 5.75 Å². The molecule has 0 amide bonds. The van der Waals surface area contributed by atoms with E-state index in [0.717, 1.165) is 0 Å². The average molecular weight is 292 g/mol. The SMILES string of the molecule is COCC(NCC(O)COc1cccc(C#N)c1)C(C)C. The van der Waals surface area contributed by atoms with Crippen LogP contribution in [0.3, 0.4) is 0 Å². The summed E-state index contributed by atoms with van der Waals surface area (Å²) in [6.07, 6.45) is -0.617. The number of methoxy groups -OCH3 is 1. The van der Waals surface area contributed by atoms with Crippen molar-refractivity contribution in [1.29, 1.82) is 5.26 Å². The molecule has 2 unspecified atom stereocenters. The first-order valence-corrected chi connectivity index (χ1v) is 7.10. The number of nitriles is 1. The van der Waals surface area contributed by atoms with Gasteiger partial charge in [-0.1, -0.05) is 19.9 Å². The zero-order valence-corrected chi connectivity index (χ0v) is 12.9. The van der Waals surface area contributed by atoms with E-state index in [0.29, 0.717) is 30.4 Å². The van der Waals surface area contributed by atoms with Crippen LogP contribution in [0.15, 0.2) is 24.3 Å². The van der Waals surface area contributed by atoms with E-state index in [1.54, 1.807) is 31.4 Å². The normalized spacial score (nSPS) is 13.7. The molecule has 1 rings (SSSR count). The molecule has 21 heavy (non-hydrogen) atoms. The zero-order chi connectivity index (χ0) is 15.7. The van der Waals surface area contributed by atoms with Gasteiger partial charge in [-0.3, -0.25) is 0 Å². The Morgan fingerprint density at radius 1 is 1.33 bits per heavy atom. The van der Waals surface area contributed by atoms with Crippen molar-refractivity contribution in [3.05, 3.63) is 29.8 Å². The van der Waals surface area contributed by atoms with E-state index >= 15 is 0 Å². The van der Waals surface area contributed by atoms with E-state index in [2.05, 4.69) is 25.2 Å². The summed E-state index contributed by atoms with van der Waals surface area (Å²) in [6, 6.07) is 9.14. The molecule has 0 aliphatic heterocycles. The number of nitrogens with one attached hydrogen (secondary N) is 1. The molecule has 5 heteroatoms. The molecule has 0 aromatic heterocycles. The van der Waals surface area contributed by atoms with Gasteiger partial charge in [0.1, 0.15) is 18.5 Å². The fraction of sp³-hybridized carbons (Fsp3) is 0.562. The smallest absolute Gasteiger partial charge is 0.120 e. The molecule has 1 aromatic rings. The second-order valence-electron chi connectivity index (χ2n) is 5.32. The topological polar surface area (TPSA) is 74.5 Å². The monoisotopic (exact) mass is 292 g/mol. The van der Waals surface area contributed by atoms with E-state index in [-0.39, 0.29) is 12.6 Å². The van der Waals surface area contributed by atoms with Crippen molar-refractivity contribution in [2.75, 3.05) is 26.9 Å². The molecule has 0 saturated heterocycles. The molecule has 1 aromatic carbocycles. The second kappa shape index (κ2) is 9.35. The first-order chi connectivity index (χ1) is 10.1. The molecule has 0 saturated carbocycles. The molecule has 5 nitrogen and oxygen atoms in total. The fourth-order valence-corrected chi connectivity index (χ4v) is 1.86. The summed E-state index contributed by atoms with van der Waals surface area (Å²) < 4.78 is 10.6. The van der Waals surface area contributed by atoms with E-state index < -0.39 is 6.10 Å². The maximum absolute atomic E-state index is 9.94. The van der Waals surface area contributed by atoms with E-state index in [1.807, 2.05) is 0 Å². The van der Waals surface area contributed by atoms with Crippen molar-refractivity contribution < 1.29 is 14.6 Å². The highest BCUT2D eigenvalue weighted by Crippen LogP contribution is 2.12. The van der Waals surface area contributed by atoms with Gasteiger partial charge in [0, 0.05) is 19.7 Å². The van der Waals surface area contributed by atoms with E-state index in [4.69, 9.17) is 14.7 Å². The van der Waals surface area contributed by atoms with E-state index in [1.165, 1.54) is 0 Å². The van der Waals surface area contributed by atoms with Gasteiger partial charge in [0.15, 0.2) is 0 Å². The number of aliphatic hydroxyl groups excluding tert-OH is 1. The minimum atomic E-state index is -0.617. The Morgan fingerprint density at radius 2 is 2.10 bits per heavy atom. The van der Waals surface area contributed by atoms with Gasteiger partial charge >= 0.3 is 0 Å². The summed E-state index contributed by atoms with van der Waals surface area (Å²) >= 11 is 0. The maximum Gasteiger partial charge on any atom is 0.120 e. The van der Waals surface area contributed by atoms with E-state index in [9.17, 15) is 5.11 Å². The minimum absolute atomic E-state index is 0.180. The lowest BCUT2D eigenvalue weighted by molar-refractivity contribution is 0.0901. The summed E-state index contributed by atoms with van der Waals surface area (Å²) in [4.78, 5) is 0. The van der Waals surface area contributed by atoms with Gasteiger partial charge in [-0.25, -0.2) is 0 Å². The van der Waals surface area contributed by atoms with Crippen LogP contribution < -0.4 is 10.1 Å². The number of nitrogens with zero attached hydrogens (tertiary/aromatic N) is 1. The Bertz CT molecular complexity index is 457. The first-order valence-electron chi connectivity index (χ1n) is 7.10. The molecule has 0 aliphatic carbocycles. The number of hydrogen-bond donors (Lipinski definition) is 2. The summed E-state index contributed by atoms with van der Waals surface area (Å²) in [5, 5.41) is 22.0. The lowest BCUT2D eigenvalue weighted by atomic mass is 10.1. The van der Waals surface area contributed by atoms with Crippen LogP contribution in [-0.2, 0) is 4.74 Å². The Hall–Kier alpha value is -1.61. The number of ether oxygens (including phenoxy) is 2. The fourth-order valence-electron chi connectivity index (χ4n) is 1.86. The number of rotatable bonds is 9. The lowest BCUT2D eigenvalue weighted by Gasteiger charge is -2.23. The van der Waals surface area contributed by atoms with Gasteiger partial charge in [0.05, 0.1) is 18.2 Å². The quantitative estimate of drug-likeness (QED) is 0.722. The lowest BCUT2D eigenvalue weighted by Crippen LogP contribution is -2.43. The molecule has 0 heterocycles. The highest BCUT2D eigenvalue weighted by Gasteiger charge is 2.14. The number of benzene rings is 1. The molecule has 116 valence electrons.